The molecule has 5 heteroatoms. The maximum atomic E-state index is 13.0. The van der Waals surface area contributed by atoms with E-state index in [9.17, 15) is 8.42 Å². The summed E-state index contributed by atoms with van der Waals surface area (Å²) >= 11 is 0. The first-order chi connectivity index (χ1) is 11.7. The van der Waals surface area contributed by atoms with E-state index < -0.39 is 10.0 Å². The van der Waals surface area contributed by atoms with Crippen LogP contribution >= 0.6 is 0 Å². The average molecular weight is 342 g/mol. The molecule has 0 unspecified atom stereocenters. The van der Waals surface area contributed by atoms with E-state index in [1.807, 2.05) is 36.4 Å². The second-order valence-electron chi connectivity index (χ2n) is 6.50. The molecule has 0 aliphatic carbocycles. The fourth-order valence-electron chi connectivity index (χ4n) is 3.67. The van der Waals surface area contributed by atoms with Crippen molar-refractivity contribution in [2.75, 3.05) is 28.8 Å². The molecule has 4 rings (SSSR count). The number of hydrogen-bond acceptors (Lipinski definition) is 3. The standard InChI is InChI=1S/C19H22N2O2S/c22-24(23,21-15-12-16-6-2-3-7-19(16)21)18-10-8-17(9-11-18)20-13-4-1-5-14-20/h2-3,6-11H,1,4-5,12-15H2. The molecule has 0 atom stereocenters. The van der Waals surface area contributed by atoms with Crippen LogP contribution in [0.5, 0.6) is 0 Å². The van der Waals surface area contributed by atoms with Crippen molar-refractivity contribution in [1.29, 1.82) is 0 Å². The van der Waals surface area contributed by atoms with Gasteiger partial charge in [0.05, 0.1) is 10.6 Å². The third-order valence-corrected chi connectivity index (χ3v) is 6.82. The third kappa shape index (κ3) is 2.67. The fraction of sp³-hybridized carbons (Fsp3) is 0.368. The molecular weight excluding hydrogens is 320 g/mol. The van der Waals surface area contributed by atoms with Crippen molar-refractivity contribution >= 4 is 21.4 Å². The zero-order valence-electron chi connectivity index (χ0n) is 13.7. The van der Waals surface area contributed by atoms with Crippen LogP contribution in [0, 0.1) is 0 Å². The van der Waals surface area contributed by atoms with Crippen molar-refractivity contribution in [3.05, 3.63) is 54.1 Å². The molecule has 0 amide bonds. The molecule has 2 aliphatic heterocycles. The summed E-state index contributed by atoms with van der Waals surface area (Å²) in [5, 5.41) is 0. The minimum atomic E-state index is -3.48. The lowest BCUT2D eigenvalue weighted by Crippen LogP contribution is -2.30. The minimum absolute atomic E-state index is 0.375. The highest BCUT2D eigenvalue weighted by molar-refractivity contribution is 7.92. The van der Waals surface area contributed by atoms with Crippen molar-refractivity contribution < 1.29 is 8.42 Å². The number of sulfonamides is 1. The van der Waals surface area contributed by atoms with E-state index in [2.05, 4.69) is 4.90 Å². The Labute approximate surface area is 143 Å². The van der Waals surface area contributed by atoms with Crippen LogP contribution in [0.4, 0.5) is 11.4 Å². The van der Waals surface area contributed by atoms with E-state index in [-0.39, 0.29) is 0 Å². The number of fused-ring (bicyclic) bond motifs is 1. The largest absolute Gasteiger partial charge is 0.372 e. The van der Waals surface area contributed by atoms with Crippen LogP contribution in [0.15, 0.2) is 53.4 Å². The molecule has 1 fully saturated rings. The molecule has 126 valence electrons. The van der Waals surface area contributed by atoms with E-state index in [1.165, 1.54) is 23.6 Å². The van der Waals surface area contributed by atoms with E-state index in [0.717, 1.165) is 36.4 Å². The Kier molecular flexibility index (Phi) is 3.96. The molecule has 2 aromatic rings. The van der Waals surface area contributed by atoms with Gasteiger partial charge in [-0.25, -0.2) is 8.42 Å². The molecule has 1 saturated heterocycles. The Hall–Kier alpha value is -2.01. The van der Waals surface area contributed by atoms with Crippen molar-refractivity contribution in [1.82, 2.24) is 0 Å². The smallest absolute Gasteiger partial charge is 0.264 e. The number of hydrogen-bond donors (Lipinski definition) is 0. The summed E-state index contributed by atoms with van der Waals surface area (Å²) in [6.45, 7) is 2.65. The summed E-state index contributed by atoms with van der Waals surface area (Å²) in [6.07, 6.45) is 4.49. The number of nitrogens with zero attached hydrogens (tertiary/aromatic N) is 2. The first-order valence-corrected chi connectivity index (χ1v) is 10.1. The molecule has 0 radical (unpaired) electrons. The lowest BCUT2D eigenvalue weighted by molar-refractivity contribution is 0.577. The van der Waals surface area contributed by atoms with Crippen LogP contribution in [0.1, 0.15) is 24.8 Å². The summed E-state index contributed by atoms with van der Waals surface area (Å²) < 4.78 is 27.5. The van der Waals surface area contributed by atoms with Gasteiger partial charge in [-0.15, -0.1) is 0 Å². The van der Waals surface area contributed by atoms with Crippen molar-refractivity contribution in [2.45, 2.75) is 30.6 Å². The van der Waals surface area contributed by atoms with Crippen LogP contribution in [-0.2, 0) is 16.4 Å². The van der Waals surface area contributed by atoms with Gasteiger partial charge in [-0.05, 0) is 61.6 Å². The summed E-state index contributed by atoms with van der Waals surface area (Å²) in [6, 6.07) is 15.1. The summed E-state index contributed by atoms with van der Waals surface area (Å²) in [5.74, 6) is 0. The zero-order chi connectivity index (χ0) is 16.6. The monoisotopic (exact) mass is 342 g/mol. The van der Waals surface area contributed by atoms with Crippen LogP contribution in [-0.4, -0.2) is 28.1 Å². The molecule has 0 spiro atoms. The highest BCUT2D eigenvalue weighted by Gasteiger charge is 2.30. The number of piperidine rings is 1. The molecule has 0 aromatic heterocycles. The maximum absolute atomic E-state index is 13.0. The van der Waals surface area contributed by atoms with Gasteiger partial charge >= 0.3 is 0 Å². The van der Waals surface area contributed by atoms with Crippen LogP contribution in [0.3, 0.4) is 0 Å². The van der Waals surface area contributed by atoms with Crippen molar-refractivity contribution in [3.8, 4) is 0 Å². The molecule has 2 heterocycles. The van der Waals surface area contributed by atoms with Gasteiger partial charge in [0.1, 0.15) is 0 Å². The first-order valence-electron chi connectivity index (χ1n) is 8.62. The zero-order valence-corrected chi connectivity index (χ0v) is 14.5. The minimum Gasteiger partial charge on any atom is -0.372 e. The van der Waals surface area contributed by atoms with Gasteiger partial charge in [-0.3, -0.25) is 4.31 Å². The Bertz CT molecular complexity index is 825. The average Bonchev–Trinajstić information content (AvgIpc) is 3.07. The molecule has 0 N–H and O–H groups in total. The Morgan fingerprint density at radius 2 is 1.50 bits per heavy atom. The quantitative estimate of drug-likeness (QED) is 0.858. The van der Waals surface area contributed by atoms with Gasteiger partial charge in [0.15, 0.2) is 0 Å². The van der Waals surface area contributed by atoms with Gasteiger partial charge in [-0.2, -0.15) is 0 Å². The van der Waals surface area contributed by atoms with E-state index in [4.69, 9.17) is 0 Å². The molecular formula is C19H22N2O2S. The number of benzene rings is 2. The van der Waals surface area contributed by atoms with Crippen LogP contribution in [0.2, 0.25) is 0 Å². The fourth-order valence-corrected chi connectivity index (χ4v) is 5.17. The number of para-hydroxylation sites is 1. The molecule has 2 aromatic carbocycles. The van der Waals surface area contributed by atoms with Crippen LogP contribution in [0.25, 0.3) is 0 Å². The van der Waals surface area contributed by atoms with Gasteiger partial charge < -0.3 is 4.90 Å². The topological polar surface area (TPSA) is 40.6 Å². The summed E-state index contributed by atoms with van der Waals surface area (Å²) in [5.41, 5.74) is 3.04. The van der Waals surface area contributed by atoms with E-state index in [1.54, 1.807) is 12.1 Å². The van der Waals surface area contributed by atoms with Gasteiger partial charge in [0, 0.05) is 25.3 Å². The predicted octanol–water partition coefficient (Wildman–Crippen LogP) is 3.43. The molecule has 2 aliphatic rings. The lowest BCUT2D eigenvalue weighted by atomic mass is 10.1. The van der Waals surface area contributed by atoms with Gasteiger partial charge in [-0.1, -0.05) is 18.2 Å². The molecule has 0 bridgehead atoms. The van der Waals surface area contributed by atoms with E-state index >= 15 is 0 Å². The molecule has 0 saturated carbocycles. The highest BCUT2D eigenvalue weighted by atomic mass is 32.2. The molecule has 24 heavy (non-hydrogen) atoms. The Balaban J connectivity index is 1.61. The first kappa shape index (κ1) is 15.5. The third-order valence-electron chi connectivity index (χ3n) is 4.99. The van der Waals surface area contributed by atoms with Crippen molar-refractivity contribution in [3.63, 3.8) is 0 Å². The maximum Gasteiger partial charge on any atom is 0.264 e. The van der Waals surface area contributed by atoms with E-state index in [0.29, 0.717) is 11.4 Å². The van der Waals surface area contributed by atoms with Gasteiger partial charge in [0.25, 0.3) is 10.0 Å². The van der Waals surface area contributed by atoms with Gasteiger partial charge in [0.2, 0.25) is 0 Å². The Morgan fingerprint density at radius 3 is 2.25 bits per heavy atom. The predicted molar refractivity (Wildman–Crippen MR) is 97.2 cm³/mol. The molecule has 4 nitrogen and oxygen atoms in total. The lowest BCUT2D eigenvalue weighted by Gasteiger charge is -2.29. The van der Waals surface area contributed by atoms with Crippen LogP contribution < -0.4 is 9.21 Å². The normalized spacial score (nSPS) is 17.8. The highest BCUT2D eigenvalue weighted by Crippen LogP contribution is 2.33. The second kappa shape index (κ2) is 6.13. The SMILES string of the molecule is O=S(=O)(c1ccc(N2CCCCC2)cc1)N1CCc2ccccc21. The second-order valence-corrected chi connectivity index (χ2v) is 8.36. The van der Waals surface area contributed by atoms with Crippen molar-refractivity contribution in [2.24, 2.45) is 0 Å². The Morgan fingerprint density at radius 1 is 0.792 bits per heavy atom. The number of anilines is 2. The summed E-state index contributed by atoms with van der Waals surface area (Å²) in [4.78, 5) is 2.71. The summed E-state index contributed by atoms with van der Waals surface area (Å²) in [7, 11) is -3.48. The number of rotatable bonds is 3.